The standard InChI is InChI=1S/C11H23N3O2/c1-2-3-10(12)11(15)13-4-5-14-6-8-16-9-7-14/h10H,2-9,12H2,1H3,(H,13,15). The van der Waals surface area contributed by atoms with E-state index in [1.54, 1.807) is 0 Å². The van der Waals surface area contributed by atoms with Crippen molar-refractivity contribution in [1.82, 2.24) is 10.2 Å². The normalized spacial score (nSPS) is 19.4. The Morgan fingerprint density at radius 3 is 2.81 bits per heavy atom. The molecule has 1 aliphatic rings. The van der Waals surface area contributed by atoms with Gasteiger partial charge >= 0.3 is 0 Å². The van der Waals surface area contributed by atoms with Crippen molar-refractivity contribution >= 4 is 5.91 Å². The monoisotopic (exact) mass is 229 g/mol. The van der Waals surface area contributed by atoms with E-state index in [0.717, 1.165) is 45.7 Å². The number of carbonyl (C=O) groups is 1. The summed E-state index contributed by atoms with van der Waals surface area (Å²) >= 11 is 0. The molecule has 0 aromatic heterocycles. The summed E-state index contributed by atoms with van der Waals surface area (Å²) in [5.74, 6) is -0.0323. The van der Waals surface area contributed by atoms with Crippen LogP contribution in [0.2, 0.25) is 0 Å². The molecule has 1 amide bonds. The predicted octanol–water partition coefficient (Wildman–Crippen LogP) is -0.438. The van der Waals surface area contributed by atoms with Crippen LogP contribution in [0.15, 0.2) is 0 Å². The van der Waals surface area contributed by atoms with Crippen LogP contribution in [-0.4, -0.2) is 56.2 Å². The zero-order valence-corrected chi connectivity index (χ0v) is 10.1. The molecule has 0 saturated carbocycles. The third kappa shape index (κ3) is 4.92. The summed E-state index contributed by atoms with van der Waals surface area (Å²) in [5, 5.41) is 2.87. The first-order valence-electron chi connectivity index (χ1n) is 6.07. The molecule has 0 radical (unpaired) electrons. The van der Waals surface area contributed by atoms with E-state index in [1.807, 2.05) is 6.92 Å². The Balaban J connectivity index is 2.07. The highest BCUT2D eigenvalue weighted by atomic mass is 16.5. The summed E-state index contributed by atoms with van der Waals surface area (Å²) in [5.41, 5.74) is 5.70. The fourth-order valence-corrected chi connectivity index (χ4v) is 1.74. The Morgan fingerprint density at radius 1 is 1.50 bits per heavy atom. The van der Waals surface area contributed by atoms with Crippen molar-refractivity contribution in [3.63, 3.8) is 0 Å². The number of nitrogens with zero attached hydrogens (tertiary/aromatic N) is 1. The number of ether oxygens (including phenoxy) is 1. The Bertz CT molecular complexity index is 205. The van der Waals surface area contributed by atoms with Gasteiger partial charge < -0.3 is 15.8 Å². The molecule has 5 heteroatoms. The number of amides is 1. The summed E-state index contributed by atoms with van der Waals surface area (Å²) in [6.45, 7) is 7.09. The second-order valence-corrected chi connectivity index (χ2v) is 4.14. The molecule has 94 valence electrons. The number of hydrogen-bond acceptors (Lipinski definition) is 4. The number of carbonyl (C=O) groups excluding carboxylic acids is 1. The Morgan fingerprint density at radius 2 is 2.19 bits per heavy atom. The first kappa shape index (κ1) is 13.4. The second-order valence-electron chi connectivity index (χ2n) is 4.14. The van der Waals surface area contributed by atoms with Crippen molar-refractivity contribution in [2.75, 3.05) is 39.4 Å². The largest absolute Gasteiger partial charge is 0.379 e. The smallest absolute Gasteiger partial charge is 0.236 e. The Hall–Kier alpha value is -0.650. The summed E-state index contributed by atoms with van der Waals surface area (Å²) in [4.78, 5) is 13.8. The third-order valence-corrected chi connectivity index (χ3v) is 2.77. The molecule has 1 aliphatic heterocycles. The molecule has 1 rings (SSSR count). The van der Waals surface area contributed by atoms with E-state index >= 15 is 0 Å². The molecule has 16 heavy (non-hydrogen) atoms. The minimum atomic E-state index is -0.352. The molecule has 5 nitrogen and oxygen atoms in total. The lowest BCUT2D eigenvalue weighted by molar-refractivity contribution is -0.122. The molecule has 0 spiro atoms. The fourth-order valence-electron chi connectivity index (χ4n) is 1.74. The van der Waals surface area contributed by atoms with Crippen LogP contribution < -0.4 is 11.1 Å². The molecule has 0 aromatic rings. The van der Waals surface area contributed by atoms with Crippen LogP contribution in [-0.2, 0) is 9.53 Å². The van der Waals surface area contributed by atoms with Gasteiger partial charge in [-0.25, -0.2) is 0 Å². The molecule has 1 atom stereocenters. The van der Waals surface area contributed by atoms with Gasteiger partial charge in [0.05, 0.1) is 19.3 Å². The van der Waals surface area contributed by atoms with Crippen molar-refractivity contribution in [2.45, 2.75) is 25.8 Å². The van der Waals surface area contributed by atoms with E-state index in [2.05, 4.69) is 10.2 Å². The van der Waals surface area contributed by atoms with Gasteiger partial charge in [-0.3, -0.25) is 9.69 Å². The van der Waals surface area contributed by atoms with Crippen molar-refractivity contribution in [3.05, 3.63) is 0 Å². The highest BCUT2D eigenvalue weighted by Crippen LogP contribution is 1.96. The lowest BCUT2D eigenvalue weighted by Crippen LogP contribution is -2.45. The van der Waals surface area contributed by atoms with Crippen LogP contribution in [0, 0.1) is 0 Å². The van der Waals surface area contributed by atoms with Gasteiger partial charge in [0, 0.05) is 26.2 Å². The summed E-state index contributed by atoms with van der Waals surface area (Å²) < 4.78 is 5.25. The lowest BCUT2D eigenvalue weighted by Gasteiger charge is -2.26. The van der Waals surface area contributed by atoms with Crippen molar-refractivity contribution < 1.29 is 9.53 Å². The number of morpholine rings is 1. The number of nitrogens with one attached hydrogen (secondary N) is 1. The average molecular weight is 229 g/mol. The van der Waals surface area contributed by atoms with E-state index < -0.39 is 0 Å². The van der Waals surface area contributed by atoms with Gasteiger partial charge in [0.25, 0.3) is 0 Å². The van der Waals surface area contributed by atoms with Crippen LogP contribution in [0.4, 0.5) is 0 Å². The van der Waals surface area contributed by atoms with Gasteiger partial charge in [-0.1, -0.05) is 13.3 Å². The highest BCUT2D eigenvalue weighted by Gasteiger charge is 2.13. The van der Waals surface area contributed by atoms with Crippen LogP contribution in [0.3, 0.4) is 0 Å². The molecule has 1 heterocycles. The summed E-state index contributed by atoms with van der Waals surface area (Å²) in [6.07, 6.45) is 1.70. The quantitative estimate of drug-likeness (QED) is 0.648. The number of hydrogen-bond donors (Lipinski definition) is 2. The molecule has 0 bridgehead atoms. The Labute approximate surface area is 97.3 Å². The molecular weight excluding hydrogens is 206 g/mol. The second kappa shape index (κ2) is 7.60. The summed E-state index contributed by atoms with van der Waals surface area (Å²) in [6, 6.07) is -0.352. The lowest BCUT2D eigenvalue weighted by atomic mass is 10.2. The molecule has 1 unspecified atom stereocenters. The third-order valence-electron chi connectivity index (χ3n) is 2.77. The molecule has 0 aliphatic carbocycles. The maximum Gasteiger partial charge on any atom is 0.236 e. The topological polar surface area (TPSA) is 67.6 Å². The average Bonchev–Trinajstić information content (AvgIpc) is 2.30. The minimum Gasteiger partial charge on any atom is -0.379 e. The predicted molar refractivity (Wildman–Crippen MR) is 63.2 cm³/mol. The van der Waals surface area contributed by atoms with Crippen LogP contribution in [0.5, 0.6) is 0 Å². The summed E-state index contributed by atoms with van der Waals surface area (Å²) in [7, 11) is 0. The van der Waals surface area contributed by atoms with Gasteiger partial charge in [0.1, 0.15) is 0 Å². The zero-order chi connectivity index (χ0) is 11.8. The van der Waals surface area contributed by atoms with E-state index in [-0.39, 0.29) is 11.9 Å². The van der Waals surface area contributed by atoms with Crippen molar-refractivity contribution in [3.8, 4) is 0 Å². The molecular formula is C11H23N3O2. The fraction of sp³-hybridized carbons (Fsp3) is 0.909. The minimum absolute atomic E-state index is 0.0323. The van der Waals surface area contributed by atoms with Gasteiger partial charge in [-0.2, -0.15) is 0 Å². The van der Waals surface area contributed by atoms with Crippen LogP contribution in [0.25, 0.3) is 0 Å². The van der Waals surface area contributed by atoms with Gasteiger partial charge in [0.15, 0.2) is 0 Å². The Kier molecular flexibility index (Phi) is 6.37. The number of nitrogens with two attached hydrogens (primary N) is 1. The van der Waals surface area contributed by atoms with Crippen molar-refractivity contribution in [1.29, 1.82) is 0 Å². The maximum atomic E-state index is 11.5. The van der Waals surface area contributed by atoms with Gasteiger partial charge in [0.2, 0.25) is 5.91 Å². The first-order valence-corrected chi connectivity index (χ1v) is 6.07. The molecule has 3 N–H and O–H groups in total. The van der Waals surface area contributed by atoms with Crippen molar-refractivity contribution in [2.24, 2.45) is 5.73 Å². The van der Waals surface area contributed by atoms with E-state index in [0.29, 0.717) is 6.54 Å². The maximum absolute atomic E-state index is 11.5. The van der Waals surface area contributed by atoms with Crippen LogP contribution in [0.1, 0.15) is 19.8 Å². The van der Waals surface area contributed by atoms with Gasteiger partial charge in [-0.15, -0.1) is 0 Å². The highest BCUT2D eigenvalue weighted by molar-refractivity contribution is 5.81. The molecule has 1 saturated heterocycles. The van der Waals surface area contributed by atoms with E-state index in [4.69, 9.17) is 10.5 Å². The van der Waals surface area contributed by atoms with Gasteiger partial charge in [-0.05, 0) is 6.42 Å². The molecule has 0 aromatic carbocycles. The molecule has 1 fully saturated rings. The SMILES string of the molecule is CCCC(N)C(=O)NCCN1CCOCC1. The zero-order valence-electron chi connectivity index (χ0n) is 10.1. The number of rotatable bonds is 6. The first-order chi connectivity index (χ1) is 7.74. The van der Waals surface area contributed by atoms with E-state index in [9.17, 15) is 4.79 Å². The van der Waals surface area contributed by atoms with E-state index in [1.165, 1.54) is 0 Å². The van der Waals surface area contributed by atoms with Crippen LogP contribution >= 0.6 is 0 Å².